The molecule has 1 rings (SSSR count). The predicted molar refractivity (Wildman–Crippen MR) is 89.8 cm³/mol. The summed E-state index contributed by atoms with van der Waals surface area (Å²) in [5, 5.41) is 0. The van der Waals surface area contributed by atoms with Gasteiger partial charge < -0.3 is 15.2 Å². The van der Waals surface area contributed by atoms with Crippen LogP contribution in [0.15, 0.2) is 18.2 Å². The average Bonchev–Trinajstić information content (AvgIpc) is 2.54. The van der Waals surface area contributed by atoms with Crippen LogP contribution in [0.3, 0.4) is 0 Å². The molecule has 0 heterocycles. The molecular weight excluding hydrogens is 294 g/mol. The molecule has 0 aliphatic heterocycles. The Labute approximate surface area is 138 Å². The molecule has 0 fully saturated rings. The second kappa shape index (κ2) is 10.6. The first kappa shape index (κ1) is 19.0. The second-order valence-corrected chi connectivity index (χ2v) is 5.58. The zero-order valence-electron chi connectivity index (χ0n) is 14.1. The molecule has 0 radical (unpaired) electrons. The van der Waals surface area contributed by atoms with Gasteiger partial charge in [-0.2, -0.15) is 0 Å². The summed E-state index contributed by atoms with van der Waals surface area (Å²) in [6.07, 6.45) is 8.42. The van der Waals surface area contributed by atoms with Gasteiger partial charge in [-0.15, -0.1) is 0 Å². The molecule has 0 unspecified atom stereocenters. The number of methoxy groups -OCH3 is 1. The van der Waals surface area contributed by atoms with Gasteiger partial charge in [-0.3, -0.25) is 9.59 Å². The Bertz CT molecular complexity index is 514. The number of ether oxygens (including phenoxy) is 2. The van der Waals surface area contributed by atoms with E-state index in [0.29, 0.717) is 23.5 Å². The number of esters is 1. The lowest BCUT2D eigenvalue weighted by molar-refractivity contribution is -0.134. The summed E-state index contributed by atoms with van der Waals surface area (Å²) >= 11 is 0. The molecule has 5 heteroatoms. The molecule has 1 amide bonds. The second-order valence-electron chi connectivity index (χ2n) is 5.58. The quantitative estimate of drug-likeness (QED) is 0.381. The molecule has 5 nitrogen and oxygen atoms in total. The van der Waals surface area contributed by atoms with Gasteiger partial charge in [-0.1, -0.05) is 45.4 Å². The van der Waals surface area contributed by atoms with Gasteiger partial charge in [0.05, 0.1) is 7.11 Å². The van der Waals surface area contributed by atoms with Crippen LogP contribution in [-0.4, -0.2) is 19.0 Å². The van der Waals surface area contributed by atoms with Crippen molar-refractivity contribution in [2.45, 2.75) is 58.3 Å². The SMILES string of the molecule is CCCCCCCCCC(=O)Oc1ccc(C(N)=O)cc1OC. The van der Waals surface area contributed by atoms with Crippen LogP contribution in [0.4, 0.5) is 0 Å². The molecular formula is C18H27NO4. The fourth-order valence-corrected chi connectivity index (χ4v) is 2.31. The normalized spacial score (nSPS) is 10.3. The molecule has 0 saturated heterocycles. The Morgan fingerprint density at radius 3 is 2.26 bits per heavy atom. The van der Waals surface area contributed by atoms with Crippen molar-refractivity contribution >= 4 is 11.9 Å². The smallest absolute Gasteiger partial charge is 0.311 e. The summed E-state index contributed by atoms with van der Waals surface area (Å²) in [5.41, 5.74) is 5.52. The topological polar surface area (TPSA) is 78.6 Å². The molecule has 1 aromatic rings. The molecule has 23 heavy (non-hydrogen) atoms. The van der Waals surface area contributed by atoms with Crippen LogP contribution in [0.25, 0.3) is 0 Å². The Balaban J connectivity index is 2.38. The predicted octanol–water partition coefficient (Wildman–Crippen LogP) is 3.84. The van der Waals surface area contributed by atoms with E-state index in [0.717, 1.165) is 19.3 Å². The van der Waals surface area contributed by atoms with E-state index in [2.05, 4.69) is 6.92 Å². The fourth-order valence-electron chi connectivity index (χ4n) is 2.31. The fraction of sp³-hybridized carbons (Fsp3) is 0.556. The third kappa shape index (κ3) is 7.17. The lowest BCUT2D eigenvalue weighted by Crippen LogP contribution is -2.12. The minimum atomic E-state index is -0.552. The molecule has 0 aliphatic carbocycles. The number of primary amides is 1. The Morgan fingerprint density at radius 1 is 1.00 bits per heavy atom. The Morgan fingerprint density at radius 2 is 1.65 bits per heavy atom. The lowest BCUT2D eigenvalue weighted by atomic mass is 10.1. The highest BCUT2D eigenvalue weighted by Crippen LogP contribution is 2.28. The number of rotatable bonds is 11. The van der Waals surface area contributed by atoms with Crippen molar-refractivity contribution in [2.75, 3.05) is 7.11 Å². The van der Waals surface area contributed by atoms with Gasteiger partial charge in [-0.25, -0.2) is 0 Å². The molecule has 0 aromatic heterocycles. The first-order valence-electron chi connectivity index (χ1n) is 8.27. The van der Waals surface area contributed by atoms with Crippen molar-refractivity contribution in [2.24, 2.45) is 5.73 Å². The van der Waals surface area contributed by atoms with E-state index < -0.39 is 5.91 Å². The minimum Gasteiger partial charge on any atom is -0.493 e. The van der Waals surface area contributed by atoms with Crippen molar-refractivity contribution in [3.8, 4) is 11.5 Å². The molecule has 0 atom stereocenters. The summed E-state index contributed by atoms with van der Waals surface area (Å²) in [7, 11) is 1.45. The summed E-state index contributed by atoms with van der Waals surface area (Å²) in [4.78, 5) is 23.0. The molecule has 128 valence electrons. The number of amides is 1. The van der Waals surface area contributed by atoms with Crippen LogP contribution in [0.5, 0.6) is 11.5 Å². The van der Waals surface area contributed by atoms with Gasteiger partial charge in [0.15, 0.2) is 11.5 Å². The van der Waals surface area contributed by atoms with Crippen LogP contribution in [0.1, 0.15) is 68.6 Å². The van der Waals surface area contributed by atoms with Gasteiger partial charge >= 0.3 is 5.97 Å². The molecule has 0 bridgehead atoms. The zero-order chi connectivity index (χ0) is 17.1. The van der Waals surface area contributed by atoms with Crippen molar-refractivity contribution in [1.29, 1.82) is 0 Å². The van der Waals surface area contributed by atoms with Gasteiger partial charge in [0, 0.05) is 12.0 Å². The summed E-state index contributed by atoms with van der Waals surface area (Å²) in [5.74, 6) is -0.201. The number of carbonyl (C=O) groups is 2. The number of benzene rings is 1. The van der Waals surface area contributed by atoms with E-state index >= 15 is 0 Å². The van der Waals surface area contributed by atoms with Crippen LogP contribution in [0, 0.1) is 0 Å². The lowest BCUT2D eigenvalue weighted by Gasteiger charge is -2.10. The van der Waals surface area contributed by atoms with Crippen molar-refractivity contribution in [1.82, 2.24) is 0 Å². The number of nitrogens with two attached hydrogens (primary N) is 1. The maximum absolute atomic E-state index is 11.9. The highest BCUT2D eigenvalue weighted by Gasteiger charge is 2.12. The number of carbonyl (C=O) groups excluding carboxylic acids is 2. The van der Waals surface area contributed by atoms with Crippen LogP contribution in [0.2, 0.25) is 0 Å². The molecule has 1 aromatic carbocycles. The zero-order valence-corrected chi connectivity index (χ0v) is 14.1. The van der Waals surface area contributed by atoms with Crippen molar-refractivity contribution in [3.63, 3.8) is 0 Å². The third-order valence-electron chi connectivity index (χ3n) is 3.66. The largest absolute Gasteiger partial charge is 0.493 e. The average molecular weight is 321 g/mol. The molecule has 2 N–H and O–H groups in total. The monoisotopic (exact) mass is 321 g/mol. The van der Waals surface area contributed by atoms with E-state index in [1.54, 1.807) is 0 Å². The van der Waals surface area contributed by atoms with Gasteiger partial charge in [-0.05, 0) is 24.6 Å². The van der Waals surface area contributed by atoms with Crippen LogP contribution in [-0.2, 0) is 4.79 Å². The Kier molecular flexibility index (Phi) is 8.80. The maximum Gasteiger partial charge on any atom is 0.311 e. The van der Waals surface area contributed by atoms with E-state index in [9.17, 15) is 9.59 Å². The first-order valence-corrected chi connectivity index (χ1v) is 8.27. The van der Waals surface area contributed by atoms with Gasteiger partial charge in [0.25, 0.3) is 0 Å². The summed E-state index contributed by atoms with van der Waals surface area (Å²) in [6, 6.07) is 4.52. The number of unbranched alkanes of at least 4 members (excludes halogenated alkanes) is 6. The van der Waals surface area contributed by atoms with E-state index in [1.165, 1.54) is 51.0 Å². The Hall–Kier alpha value is -2.04. The van der Waals surface area contributed by atoms with Gasteiger partial charge in [0.2, 0.25) is 5.91 Å². The molecule has 0 aliphatic rings. The minimum absolute atomic E-state index is 0.288. The summed E-state index contributed by atoms with van der Waals surface area (Å²) in [6.45, 7) is 2.19. The molecule has 0 spiro atoms. The standard InChI is InChI=1S/C18H27NO4/c1-3-4-5-6-7-8-9-10-17(20)23-15-12-11-14(18(19)21)13-16(15)22-2/h11-13H,3-10H2,1-2H3,(H2,19,21). The van der Waals surface area contributed by atoms with E-state index in [1.807, 2.05) is 0 Å². The number of hydrogen-bond donors (Lipinski definition) is 1. The number of hydrogen-bond acceptors (Lipinski definition) is 4. The highest BCUT2D eigenvalue weighted by molar-refractivity contribution is 5.93. The van der Waals surface area contributed by atoms with E-state index in [4.69, 9.17) is 15.2 Å². The highest BCUT2D eigenvalue weighted by atomic mass is 16.6. The third-order valence-corrected chi connectivity index (χ3v) is 3.66. The van der Waals surface area contributed by atoms with Crippen LogP contribution < -0.4 is 15.2 Å². The van der Waals surface area contributed by atoms with Crippen molar-refractivity contribution in [3.05, 3.63) is 23.8 Å². The maximum atomic E-state index is 11.9. The van der Waals surface area contributed by atoms with Crippen molar-refractivity contribution < 1.29 is 19.1 Å². The van der Waals surface area contributed by atoms with Crippen LogP contribution >= 0.6 is 0 Å². The van der Waals surface area contributed by atoms with E-state index in [-0.39, 0.29) is 5.97 Å². The van der Waals surface area contributed by atoms with Gasteiger partial charge in [0.1, 0.15) is 0 Å². The first-order chi connectivity index (χ1) is 11.1. The molecule has 0 saturated carbocycles. The summed E-state index contributed by atoms with van der Waals surface area (Å²) < 4.78 is 10.4.